The number of aryl methyl sites for hydroxylation is 1. The smallest absolute Gasteiger partial charge is 0.235 e. The summed E-state index contributed by atoms with van der Waals surface area (Å²) in [5.74, 6) is 0.802. The molecule has 1 aliphatic heterocycles. The second kappa shape index (κ2) is 8.00. The van der Waals surface area contributed by atoms with Crippen LogP contribution in [0.1, 0.15) is 18.7 Å². The van der Waals surface area contributed by atoms with Gasteiger partial charge in [0.1, 0.15) is 0 Å². The number of aromatic nitrogens is 3. The molecule has 29 heavy (non-hydrogen) atoms. The van der Waals surface area contributed by atoms with E-state index in [0.29, 0.717) is 42.5 Å². The normalized spacial score (nSPS) is 15.4. The molecule has 3 aromatic rings. The van der Waals surface area contributed by atoms with Crippen LogP contribution in [0.2, 0.25) is 0 Å². The molecule has 0 aliphatic carbocycles. The average molecular weight is 413 g/mol. The Balaban J connectivity index is 1.32. The second-order valence-corrected chi connectivity index (χ2v) is 8.60. The lowest BCUT2D eigenvalue weighted by molar-refractivity contribution is -0.116. The summed E-state index contributed by atoms with van der Waals surface area (Å²) in [5, 5.41) is 6.69. The van der Waals surface area contributed by atoms with Crippen LogP contribution in [0.5, 0.6) is 0 Å². The van der Waals surface area contributed by atoms with E-state index >= 15 is 0 Å². The van der Waals surface area contributed by atoms with Gasteiger partial charge in [-0.1, -0.05) is 5.16 Å². The number of nitrogens with zero attached hydrogens (tertiary/aromatic N) is 4. The summed E-state index contributed by atoms with van der Waals surface area (Å²) in [4.78, 5) is 20.4. The number of sulfonamides is 1. The Bertz CT molecular complexity index is 1100. The van der Waals surface area contributed by atoms with E-state index < -0.39 is 10.0 Å². The fourth-order valence-electron chi connectivity index (χ4n) is 3.06. The number of anilines is 2. The number of carbonyl (C=O) groups excluding carboxylic acids is 1. The molecule has 10 heteroatoms. The summed E-state index contributed by atoms with van der Waals surface area (Å²) in [7, 11) is -3.21. The van der Waals surface area contributed by atoms with Crippen molar-refractivity contribution in [1.29, 1.82) is 0 Å². The molecule has 0 radical (unpaired) electrons. The predicted octanol–water partition coefficient (Wildman–Crippen LogP) is 2.24. The molecular formula is C19H19N5O4S. The van der Waals surface area contributed by atoms with Crippen molar-refractivity contribution < 1.29 is 17.7 Å². The van der Waals surface area contributed by atoms with Crippen molar-refractivity contribution in [1.82, 2.24) is 15.1 Å². The average Bonchev–Trinajstić information content (AvgIpc) is 3.34. The standard InChI is InChI=1S/C19H19N5O4S/c25-17(6-7-18-22-19(23-28-18)14-8-10-20-11-9-14)21-15-2-4-16(5-3-15)24-12-1-13-29(24,26)27/h2-5,8-11H,1,6-7,12-13H2,(H,21,25). The maximum Gasteiger partial charge on any atom is 0.235 e. The number of carbonyl (C=O) groups is 1. The van der Waals surface area contributed by atoms with E-state index in [4.69, 9.17) is 4.52 Å². The first-order chi connectivity index (χ1) is 14.0. The lowest BCUT2D eigenvalue weighted by atomic mass is 10.2. The molecule has 0 unspecified atom stereocenters. The highest BCUT2D eigenvalue weighted by Gasteiger charge is 2.28. The highest BCUT2D eigenvalue weighted by molar-refractivity contribution is 7.93. The van der Waals surface area contributed by atoms with E-state index in [2.05, 4.69) is 20.4 Å². The minimum Gasteiger partial charge on any atom is -0.339 e. The Morgan fingerprint density at radius 1 is 1.14 bits per heavy atom. The van der Waals surface area contributed by atoms with Crippen molar-refractivity contribution in [2.45, 2.75) is 19.3 Å². The number of benzene rings is 1. The van der Waals surface area contributed by atoms with Crippen LogP contribution < -0.4 is 9.62 Å². The topological polar surface area (TPSA) is 118 Å². The molecule has 1 aromatic carbocycles. The van der Waals surface area contributed by atoms with E-state index in [1.54, 1.807) is 48.8 Å². The number of amides is 1. The third-order valence-corrected chi connectivity index (χ3v) is 6.38. The summed E-state index contributed by atoms with van der Waals surface area (Å²) >= 11 is 0. The number of hydrogen-bond donors (Lipinski definition) is 1. The van der Waals surface area contributed by atoms with Crippen molar-refractivity contribution in [2.24, 2.45) is 0 Å². The number of rotatable bonds is 6. The molecule has 1 fully saturated rings. The van der Waals surface area contributed by atoms with E-state index in [1.807, 2.05) is 0 Å². The lowest BCUT2D eigenvalue weighted by Gasteiger charge is -2.17. The molecule has 150 valence electrons. The van der Waals surface area contributed by atoms with E-state index in [1.165, 1.54) is 4.31 Å². The zero-order valence-electron chi connectivity index (χ0n) is 15.5. The van der Waals surface area contributed by atoms with Crippen LogP contribution in [0.3, 0.4) is 0 Å². The number of pyridine rings is 1. The minimum atomic E-state index is -3.21. The largest absolute Gasteiger partial charge is 0.339 e. The van der Waals surface area contributed by atoms with Crippen molar-refractivity contribution >= 4 is 27.3 Å². The lowest BCUT2D eigenvalue weighted by Crippen LogP contribution is -2.25. The molecule has 1 N–H and O–H groups in total. The summed E-state index contributed by atoms with van der Waals surface area (Å²) in [6.45, 7) is 0.486. The van der Waals surface area contributed by atoms with Gasteiger partial charge in [0.05, 0.1) is 11.4 Å². The Morgan fingerprint density at radius 3 is 2.59 bits per heavy atom. The van der Waals surface area contributed by atoms with Crippen LogP contribution in [0.25, 0.3) is 11.4 Å². The Morgan fingerprint density at radius 2 is 1.90 bits per heavy atom. The SMILES string of the molecule is O=C(CCc1nc(-c2ccncc2)no1)Nc1ccc(N2CCCS2(=O)=O)cc1. The van der Waals surface area contributed by atoms with Gasteiger partial charge < -0.3 is 9.84 Å². The monoisotopic (exact) mass is 413 g/mol. The fraction of sp³-hybridized carbons (Fsp3) is 0.263. The molecular weight excluding hydrogens is 394 g/mol. The van der Waals surface area contributed by atoms with Gasteiger partial charge >= 0.3 is 0 Å². The first kappa shape index (κ1) is 19.1. The van der Waals surface area contributed by atoms with Crippen LogP contribution in [0, 0.1) is 0 Å². The second-order valence-electron chi connectivity index (χ2n) is 6.58. The molecule has 9 nitrogen and oxygen atoms in total. The first-order valence-electron chi connectivity index (χ1n) is 9.14. The van der Waals surface area contributed by atoms with Gasteiger partial charge in [-0.3, -0.25) is 14.1 Å². The third-order valence-electron chi connectivity index (χ3n) is 4.51. The van der Waals surface area contributed by atoms with Gasteiger partial charge in [-0.2, -0.15) is 4.98 Å². The molecule has 0 spiro atoms. The minimum absolute atomic E-state index is 0.171. The van der Waals surface area contributed by atoms with E-state index in [9.17, 15) is 13.2 Å². The fourth-order valence-corrected chi connectivity index (χ4v) is 4.62. The summed E-state index contributed by atoms with van der Waals surface area (Å²) in [6, 6.07) is 10.3. The van der Waals surface area contributed by atoms with Gasteiger partial charge in [-0.05, 0) is 42.8 Å². The molecule has 2 aromatic heterocycles. The summed E-state index contributed by atoms with van der Waals surface area (Å²) in [5.41, 5.74) is 1.99. The van der Waals surface area contributed by atoms with E-state index in [-0.39, 0.29) is 18.1 Å². The van der Waals surface area contributed by atoms with Crippen molar-refractivity contribution in [2.75, 3.05) is 21.9 Å². The van der Waals surface area contributed by atoms with Gasteiger partial charge in [-0.15, -0.1) is 0 Å². The van der Waals surface area contributed by atoms with Crippen LogP contribution in [0.4, 0.5) is 11.4 Å². The summed E-state index contributed by atoms with van der Waals surface area (Å²) < 4.78 is 30.5. The van der Waals surface area contributed by atoms with Crippen LogP contribution in [0.15, 0.2) is 53.3 Å². The van der Waals surface area contributed by atoms with Gasteiger partial charge in [0.15, 0.2) is 0 Å². The quantitative estimate of drug-likeness (QED) is 0.658. The molecule has 0 bridgehead atoms. The predicted molar refractivity (Wildman–Crippen MR) is 107 cm³/mol. The van der Waals surface area contributed by atoms with Crippen LogP contribution >= 0.6 is 0 Å². The Labute approximate surface area is 167 Å². The highest BCUT2D eigenvalue weighted by atomic mass is 32.2. The third kappa shape index (κ3) is 4.43. The Kier molecular flexibility index (Phi) is 5.26. The highest BCUT2D eigenvalue weighted by Crippen LogP contribution is 2.25. The molecule has 0 atom stereocenters. The molecule has 1 aliphatic rings. The van der Waals surface area contributed by atoms with E-state index in [0.717, 1.165) is 5.56 Å². The molecule has 1 saturated heterocycles. The maximum absolute atomic E-state index is 12.2. The number of hydrogen-bond acceptors (Lipinski definition) is 7. The van der Waals surface area contributed by atoms with Gasteiger partial charge in [0, 0.05) is 43.0 Å². The first-order valence-corrected chi connectivity index (χ1v) is 10.8. The van der Waals surface area contributed by atoms with Crippen LogP contribution in [-0.2, 0) is 21.2 Å². The zero-order chi connectivity index (χ0) is 20.3. The number of nitrogens with one attached hydrogen (secondary N) is 1. The summed E-state index contributed by atoms with van der Waals surface area (Å²) in [6.07, 6.45) is 4.40. The molecule has 1 amide bonds. The van der Waals surface area contributed by atoms with Crippen molar-refractivity contribution in [3.05, 3.63) is 54.7 Å². The van der Waals surface area contributed by atoms with Crippen molar-refractivity contribution in [3.8, 4) is 11.4 Å². The molecule has 4 rings (SSSR count). The van der Waals surface area contributed by atoms with Gasteiger partial charge in [0.2, 0.25) is 27.6 Å². The Hall–Kier alpha value is -3.27. The van der Waals surface area contributed by atoms with Gasteiger partial charge in [-0.25, -0.2) is 8.42 Å². The zero-order valence-corrected chi connectivity index (χ0v) is 16.3. The van der Waals surface area contributed by atoms with Crippen molar-refractivity contribution in [3.63, 3.8) is 0 Å². The maximum atomic E-state index is 12.2. The molecule has 3 heterocycles. The van der Waals surface area contributed by atoms with Gasteiger partial charge in [0.25, 0.3) is 0 Å². The van der Waals surface area contributed by atoms with Crippen LogP contribution in [-0.4, -0.2) is 41.7 Å². The molecule has 0 saturated carbocycles.